The number of benzene rings is 3. The Kier molecular flexibility index (Phi) is 6.08. The fourth-order valence-corrected chi connectivity index (χ4v) is 5.57. The van der Waals surface area contributed by atoms with E-state index in [9.17, 15) is 24.6 Å². The van der Waals surface area contributed by atoms with Gasteiger partial charge in [0.15, 0.2) is 11.5 Å². The van der Waals surface area contributed by atoms with Crippen LogP contribution in [0.15, 0.2) is 72.8 Å². The van der Waals surface area contributed by atoms with Crippen LogP contribution in [-0.4, -0.2) is 47.8 Å². The summed E-state index contributed by atoms with van der Waals surface area (Å²) >= 11 is 0. The Morgan fingerprint density at radius 2 is 1.51 bits per heavy atom. The van der Waals surface area contributed by atoms with Crippen molar-refractivity contribution < 1.29 is 34.1 Å². The molecule has 0 aliphatic carbocycles. The number of phenolic OH excluding ortho intramolecular Hbond substituents is 1. The fraction of sp³-hybridized carbons (Fsp3) is 0.250. The first-order valence-electron chi connectivity index (χ1n) is 11.7. The van der Waals surface area contributed by atoms with Gasteiger partial charge < -0.3 is 19.7 Å². The molecule has 5 rings (SSSR count). The maximum atomic E-state index is 13.9. The summed E-state index contributed by atoms with van der Waals surface area (Å²) < 4.78 is 10.6. The van der Waals surface area contributed by atoms with Gasteiger partial charge in [-0.3, -0.25) is 19.7 Å². The number of methoxy groups -OCH3 is 2. The van der Waals surface area contributed by atoms with Crippen molar-refractivity contribution in [1.82, 2.24) is 5.32 Å². The molecule has 3 aromatic rings. The highest BCUT2D eigenvalue weighted by atomic mass is 16.5. The van der Waals surface area contributed by atoms with Crippen molar-refractivity contribution in [2.24, 2.45) is 11.8 Å². The summed E-state index contributed by atoms with van der Waals surface area (Å²) in [6.45, 7) is 0. The predicted molar refractivity (Wildman–Crippen MR) is 134 cm³/mol. The number of rotatable bonds is 7. The molecule has 2 fully saturated rings. The van der Waals surface area contributed by atoms with Crippen LogP contribution in [0.25, 0.3) is 0 Å². The summed E-state index contributed by atoms with van der Waals surface area (Å²) in [6, 6.07) is 19.6. The monoisotopic (exact) mass is 502 g/mol. The van der Waals surface area contributed by atoms with Crippen molar-refractivity contribution in [2.75, 3.05) is 19.1 Å². The maximum Gasteiger partial charge on any atom is 0.325 e. The number of aliphatic carboxylic acids is 1. The van der Waals surface area contributed by atoms with Gasteiger partial charge in [-0.25, -0.2) is 4.90 Å². The van der Waals surface area contributed by atoms with E-state index in [-0.39, 0.29) is 23.7 Å². The van der Waals surface area contributed by atoms with Gasteiger partial charge >= 0.3 is 5.97 Å². The molecule has 9 heteroatoms. The first-order valence-corrected chi connectivity index (χ1v) is 11.7. The highest BCUT2D eigenvalue weighted by Crippen LogP contribution is 2.52. The van der Waals surface area contributed by atoms with Crippen molar-refractivity contribution >= 4 is 23.5 Å². The van der Waals surface area contributed by atoms with Crippen LogP contribution in [0.4, 0.5) is 5.69 Å². The second kappa shape index (κ2) is 9.25. The summed E-state index contributed by atoms with van der Waals surface area (Å²) in [7, 11) is 2.75. The van der Waals surface area contributed by atoms with Gasteiger partial charge in [0.2, 0.25) is 17.6 Å². The quantitative estimate of drug-likeness (QED) is 0.421. The molecule has 2 heterocycles. The number of carbonyl (C=O) groups excluding carboxylic acids is 2. The van der Waals surface area contributed by atoms with Gasteiger partial charge in [-0.2, -0.15) is 0 Å². The Hall–Kier alpha value is -4.37. The van der Waals surface area contributed by atoms with Crippen molar-refractivity contribution in [3.8, 4) is 17.2 Å². The molecule has 0 bridgehead atoms. The molecule has 0 radical (unpaired) electrons. The average Bonchev–Trinajstić information content (AvgIpc) is 3.39. The van der Waals surface area contributed by atoms with E-state index in [0.717, 1.165) is 4.90 Å². The van der Waals surface area contributed by atoms with Gasteiger partial charge in [0, 0.05) is 12.5 Å². The van der Waals surface area contributed by atoms with E-state index in [1.54, 1.807) is 54.6 Å². The van der Waals surface area contributed by atoms with E-state index in [0.29, 0.717) is 16.8 Å². The molecule has 4 atom stereocenters. The normalized spacial score (nSPS) is 24.7. The number of amides is 2. The van der Waals surface area contributed by atoms with Crippen LogP contribution < -0.4 is 19.7 Å². The van der Waals surface area contributed by atoms with Gasteiger partial charge in [0.1, 0.15) is 5.54 Å². The summed E-state index contributed by atoms with van der Waals surface area (Å²) in [4.78, 5) is 41.9. The molecule has 2 aliphatic rings. The second-order valence-corrected chi connectivity index (χ2v) is 9.19. The summed E-state index contributed by atoms with van der Waals surface area (Å²) in [5.41, 5.74) is -0.235. The Labute approximate surface area is 213 Å². The van der Waals surface area contributed by atoms with Crippen LogP contribution >= 0.6 is 0 Å². The third-order valence-electron chi connectivity index (χ3n) is 7.24. The number of hydrogen-bond acceptors (Lipinski definition) is 7. The number of carboxylic acids is 1. The van der Waals surface area contributed by atoms with Gasteiger partial charge in [0.25, 0.3) is 0 Å². The zero-order chi connectivity index (χ0) is 26.3. The Morgan fingerprint density at radius 1 is 0.946 bits per heavy atom. The lowest BCUT2D eigenvalue weighted by atomic mass is 9.76. The molecule has 3 N–H and O–H groups in total. The Balaban J connectivity index is 1.69. The zero-order valence-corrected chi connectivity index (χ0v) is 20.3. The molecule has 4 unspecified atom stereocenters. The fourth-order valence-electron chi connectivity index (χ4n) is 5.57. The van der Waals surface area contributed by atoms with E-state index in [1.807, 2.05) is 6.07 Å². The number of nitrogens with one attached hydrogen (secondary N) is 1. The van der Waals surface area contributed by atoms with Crippen LogP contribution in [0.3, 0.4) is 0 Å². The molecular weight excluding hydrogens is 476 g/mol. The first kappa shape index (κ1) is 24.3. The minimum Gasteiger partial charge on any atom is -0.502 e. The lowest BCUT2D eigenvalue weighted by molar-refractivity contribution is -0.148. The third-order valence-corrected chi connectivity index (χ3v) is 7.24. The van der Waals surface area contributed by atoms with Crippen LogP contribution in [0.1, 0.15) is 17.2 Å². The van der Waals surface area contributed by atoms with Gasteiger partial charge in [-0.05, 0) is 35.4 Å². The Bertz CT molecular complexity index is 1340. The molecule has 2 aliphatic heterocycles. The standard InChI is InChI=1S/C28H26N2O7/c1-36-19-13-17(14-20(37-2)24(19)31)23-21-22(26(33)30(25(21)32)18-11-7-4-8-12-18)28(29-23,27(34)35)15-16-9-5-3-6-10-16/h3-14,21-23,29,31H,15H2,1-2H3,(H,34,35). The third kappa shape index (κ3) is 3.79. The molecule has 2 amide bonds. The van der Waals surface area contributed by atoms with E-state index in [2.05, 4.69) is 5.32 Å². The van der Waals surface area contributed by atoms with E-state index < -0.39 is 41.2 Å². The number of para-hydroxylation sites is 1. The van der Waals surface area contributed by atoms with Crippen LogP contribution in [0.5, 0.6) is 17.2 Å². The zero-order valence-electron chi connectivity index (χ0n) is 20.3. The molecule has 3 aromatic carbocycles. The summed E-state index contributed by atoms with van der Waals surface area (Å²) in [5.74, 6) is -4.55. The van der Waals surface area contributed by atoms with Crippen LogP contribution in [0.2, 0.25) is 0 Å². The van der Waals surface area contributed by atoms with Crippen molar-refractivity contribution in [2.45, 2.75) is 18.0 Å². The lowest BCUT2D eigenvalue weighted by Crippen LogP contribution is -2.57. The van der Waals surface area contributed by atoms with Crippen LogP contribution in [-0.2, 0) is 20.8 Å². The average molecular weight is 503 g/mol. The van der Waals surface area contributed by atoms with Crippen LogP contribution in [0, 0.1) is 11.8 Å². The predicted octanol–water partition coefficient (Wildman–Crippen LogP) is 2.93. The first-order chi connectivity index (χ1) is 17.8. The maximum absolute atomic E-state index is 13.9. The number of anilines is 1. The number of nitrogens with zero attached hydrogens (tertiary/aromatic N) is 1. The number of fused-ring (bicyclic) bond motifs is 1. The number of carboxylic acid groups (broad SMARTS) is 1. The molecule has 9 nitrogen and oxygen atoms in total. The van der Waals surface area contributed by atoms with Gasteiger partial charge in [-0.1, -0.05) is 48.5 Å². The van der Waals surface area contributed by atoms with E-state index in [1.165, 1.54) is 26.4 Å². The Morgan fingerprint density at radius 3 is 2.05 bits per heavy atom. The number of aromatic hydroxyl groups is 1. The van der Waals surface area contributed by atoms with Crippen molar-refractivity contribution in [3.63, 3.8) is 0 Å². The van der Waals surface area contributed by atoms with Crippen molar-refractivity contribution in [3.05, 3.63) is 83.9 Å². The van der Waals surface area contributed by atoms with Crippen molar-refractivity contribution in [1.29, 1.82) is 0 Å². The molecule has 2 saturated heterocycles. The molecule has 0 saturated carbocycles. The van der Waals surface area contributed by atoms with Gasteiger partial charge in [0.05, 0.1) is 31.7 Å². The minimum absolute atomic E-state index is 0.0190. The minimum atomic E-state index is -1.77. The second-order valence-electron chi connectivity index (χ2n) is 9.19. The number of imide groups is 1. The smallest absolute Gasteiger partial charge is 0.325 e. The van der Waals surface area contributed by atoms with E-state index in [4.69, 9.17) is 9.47 Å². The topological polar surface area (TPSA) is 125 Å². The molecule has 0 spiro atoms. The number of carbonyl (C=O) groups is 3. The highest BCUT2D eigenvalue weighted by molar-refractivity contribution is 6.24. The number of ether oxygens (including phenoxy) is 2. The summed E-state index contributed by atoms with van der Waals surface area (Å²) in [5, 5.41) is 24.2. The lowest BCUT2D eigenvalue weighted by Gasteiger charge is -2.31. The van der Waals surface area contributed by atoms with Gasteiger partial charge in [-0.15, -0.1) is 0 Å². The SMILES string of the molecule is COc1cc(C2NC(Cc3ccccc3)(C(=O)O)C3C(=O)N(c4ccccc4)C(=O)C23)cc(OC)c1O. The largest absolute Gasteiger partial charge is 0.502 e. The molecule has 0 aromatic heterocycles. The molecular formula is C28H26N2O7. The highest BCUT2D eigenvalue weighted by Gasteiger charge is 2.68. The molecule has 190 valence electrons. The molecule has 37 heavy (non-hydrogen) atoms. The number of phenols is 1. The number of hydrogen-bond donors (Lipinski definition) is 3. The summed E-state index contributed by atoms with van der Waals surface area (Å²) in [6.07, 6.45) is -0.0190. The van der Waals surface area contributed by atoms with E-state index >= 15 is 0 Å².